The van der Waals surface area contributed by atoms with E-state index in [9.17, 15) is 4.79 Å². The lowest BCUT2D eigenvalue weighted by molar-refractivity contribution is 0.00724. The first-order valence-electron chi connectivity index (χ1n) is 9.07. The first-order valence-corrected chi connectivity index (χ1v) is 9.07. The average Bonchev–Trinajstić information content (AvgIpc) is 2.92. The van der Waals surface area contributed by atoms with Gasteiger partial charge in [-0.05, 0) is 57.4 Å². The fourth-order valence-corrected chi connectivity index (χ4v) is 3.49. The molecule has 1 atom stereocenters. The molecule has 5 nitrogen and oxygen atoms in total. The summed E-state index contributed by atoms with van der Waals surface area (Å²) in [6.45, 7) is 8.93. The standard InChI is InChI=1S/C20H27N3O2/c1-4-25-19-9-6-10-22(14-19)20(24)18-8-5-7-17(12-18)13-23-16(3)11-15(2)21-23/h5,7-8,11-12,19H,4,6,9-10,13-14H2,1-3H3. The molecule has 5 heteroatoms. The van der Waals surface area contributed by atoms with Crippen LogP contribution in [0, 0.1) is 13.8 Å². The van der Waals surface area contributed by atoms with Crippen molar-refractivity contribution in [2.75, 3.05) is 19.7 Å². The molecule has 0 saturated carbocycles. The maximum Gasteiger partial charge on any atom is 0.253 e. The van der Waals surface area contributed by atoms with Gasteiger partial charge < -0.3 is 9.64 Å². The van der Waals surface area contributed by atoms with Crippen LogP contribution < -0.4 is 0 Å². The minimum Gasteiger partial charge on any atom is -0.377 e. The Morgan fingerprint density at radius 3 is 2.88 bits per heavy atom. The highest BCUT2D eigenvalue weighted by Gasteiger charge is 2.24. The molecule has 0 aliphatic carbocycles. The molecule has 0 spiro atoms. The van der Waals surface area contributed by atoms with Crippen molar-refractivity contribution in [3.05, 3.63) is 52.8 Å². The molecule has 0 radical (unpaired) electrons. The molecular weight excluding hydrogens is 314 g/mol. The number of amides is 1. The lowest BCUT2D eigenvalue weighted by atomic mass is 10.1. The summed E-state index contributed by atoms with van der Waals surface area (Å²) in [6.07, 6.45) is 2.21. The normalized spacial score (nSPS) is 17.7. The van der Waals surface area contributed by atoms with Crippen molar-refractivity contribution in [3.63, 3.8) is 0 Å². The van der Waals surface area contributed by atoms with Gasteiger partial charge in [0, 0.05) is 31.0 Å². The number of nitrogens with zero attached hydrogens (tertiary/aromatic N) is 3. The number of rotatable bonds is 5. The topological polar surface area (TPSA) is 47.4 Å². The number of hydrogen-bond acceptors (Lipinski definition) is 3. The van der Waals surface area contributed by atoms with E-state index in [0.717, 1.165) is 41.9 Å². The Labute approximate surface area is 149 Å². The van der Waals surface area contributed by atoms with Gasteiger partial charge in [0.1, 0.15) is 0 Å². The van der Waals surface area contributed by atoms with Crippen LogP contribution in [0.25, 0.3) is 0 Å². The highest BCUT2D eigenvalue weighted by molar-refractivity contribution is 5.94. The number of likely N-dealkylation sites (tertiary alicyclic amines) is 1. The first kappa shape index (κ1) is 17.7. The Bertz CT molecular complexity index is 736. The minimum absolute atomic E-state index is 0.0969. The van der Waals surface area contributed by atoms with E-state index in [1.807, 2.05) is 47.7 Å². The predicted molar refractivity (Wildman–Crippen MR) is 97.8 cm³/mol. The quantitative estimate of drug-likeness (QED) is 0.839. The van der Waals surface area contributed by atoms with Crippen LogP contribution in [0.3, 0.4) is 0 Å². The maximum atomic E-state index is 12.9. The number of ether oxygens (including phenoxy) is 1. The van der Waals surface area contributed by atoms with Gasteiger partial charge in [-0.15, -0.1) is 0 Å². The van der Waals surface area contributed by atoms with Gasteiger partial charge in [-0.1, -0.05) is 12.1 Å². The second-order valence-electron chi connectivity index (χ2n) is 6.76. The molecule has 0 bridgehead atoms. The molecular formula is C20H27N3O2. The van der Waals surface area contributed by atoms with Gasteiger partial charge in [0.25, 0.3) is 5.91 Å². The summed E-state index contributed by atoms with van der Waals surface area (Å²) in [4.78, 5) is 14.8. The highest BCUT2D eigenvalue weighted by Crippen LogP contribution is 2.17. The molecule has 2 aromatic rings. The molecule has 1 aliphatic heterocycles. The number of benzene rings is 1. The third-order valence-electron chi connectivity index (χ3n) is 4.68. The predicted octanol–water partition coefficient (Wildman–Crippen LogP) is 3.19. The second kappa shape index (κ2) is 7.83. The van der Waals surface area contributed by atoms with E-state index in [2.05, 4.69) is 18.1 Å². The summed E-state index contributed by atoms with van der Waals surface area (Å²) in [5.74, 6) is 0.0969. The zero-order valence-electron chi connectivity index (χ0n) is 15.4. The van der Waals surface area contributed by atoms with Crippen LogP contribution in [0.4, 0.5) is 0 Å². The number of carbonyl (C=O) groups excluding carboxylic acids is 1. The van der Waals surface area contributed by atoms with Gasteiger partial charge >= 0.3 is 0 Å². The number of piperidine rings is 1. The van der Waals surface area contributed by atoms with Gasteiger partial charge in [0.2, 0.25) is 0 Å². The van der Waals surface area contributed by atoms with E-state index in [0.29, 0.717) is 19.7 Å². The average molecular weight is 341 g/mol. The largest absolute Gasteiger partial charge is 0.377 e. The minimum atomic E-state index is 0.0969. The fraction of sp³-hybridized carbons (Fsp3) is 0.500. The Balaban J connectivity index is 1.72. The number of aromatic nitrogens is 2. The van der Waals surface area contributed by atoms with Crippen molar-refractivity contribution < 1.29 is 9.53 Å². The van der Waals surface area contributed by atoms with Crippen molar-refractivity contribution in [2.45, 2.75) is 46.3 Å². The molecule has 1 aliphatic rings. The fourth-order valence-electron chi connectivity index (χ4n) is 3.49. The zero-order valence-corrected chi connectivity index (χ0v) is 15.4. The molecule has 2 heterocycles. The maximum absolute atomic E-state index is 12.9. The highest BCUT2D eigenvalue weighted by atomic mass is 16.5. The Kier molecular flexibility index (Phi) is 5.53. The monoisotopic (exact) mass is 341 g/mol. The third-order valence-corrected chi connectivity index (χ3v) is 4.68. The van der Waals surface area contributed by atoms with Gasteiger partial charge in [0.15, 0.2) is 0 Å². The third kappa shape index (κ3) is 4.28. The summed E-state index contributed by atoms with van der Waals surface area (Å²) in [5, 5.41) is 4.51. The summed E-state index contributed by atoms with van der Waals surface area (Å²) in [6, 6.07) is 9.96. The Morgan fingerprint density at radius 1 is 1.32 bits per heavy atom. The molecule has 1 aromatic heterocycles. The molecule has 1 amide bonds. The van der Waals surface area contributed by atoms with Crippen molar-refractivity contribution >= 4 is 5.91 Å². The van der Waals surface area contributed by atoms with Gasteiger partial charge in [-0.3, -0.25) is 9.48 Å². The van der Waals surface area contributed by atoms with E-state index >= 15 is 0 Å². The molecule has 134 valence electrons. The van der Waals surface area contributed by atoms with Crippen molar-refractivity contribution in [1.82, 2.24) is 14.7 Å². The van der Waals surface area contributed by atoms with Crippen LogP contribution in [0.2, 0.25) is 0 Å². The SMILES string of the molecule is CCOC1CCCN(C(=O)c2cccc(Cn3nc(C)cc3C)c2)C1. The number of carbonyl (C=O) groups is 1. The van der Waals surface area contributed by atoms with Crippen LogP contribution in [0.15, 0.2) is 30.3 Å². The van der Waals surface area contributed by atoms with Gasteiger partial charge in [0.05, 0.1) is 18.3 Å². The van der Waals surface area contributed by atoms with E-state index in [1.165, 1.54) is 0 Å². The van der Waals surface area contributed by atoms with E-state index in [-0.39, 0.29) is 12.0 Å². The zero-order chi connectivity index (χ0) is 17.8. The Morgan fingerprint density at radius 2 is 2.16 bits per heavy atom. The molecule has 1 fully saturated rings. The van der Waals surface area contributed by atoms with Crippen LogP contribution >= 0.6 is 0 Å². The van der Waals surface area contributed by atoms with Crippen molar-refractivity contribution in [3.8, 4) is 0 Å². The smallest absolute Gasteiger partial charge is 0.253 e. The van der Waals surface area contributed by atoms with Crippen LogP contribution in [-0.4, -0.2) is 46.4 Å². The lowest BCUT2D eigenvalue weighted by Crippen LogP contribution is -2.43. The summed E-state index contributed by atoms with van der Waals surface area (Å²) in [7, 11) is 0. The second-order valence-corrected chi connectivity index (χ2v) is 6.76. The van der Waals surface area contributed by atoms with Gasteiger partial charge in [-0.2, -0.15) is 5.10 Å². The van der Waals surface area contributed by atoms with Crippen LogP contribution in [0.1, 0.15) is 47.1 Å². The molecule has 1 saturated heterocycles. The molecule has 25 heavy (non-hydrogen) atoms. The number of aryl methyl sites for hydroxylation is 2. The first-order chi connectivity index (χ1) is 12.1. The van der Waals surface area contributed by atoms with E-state index in [1.54, 1.807) is 0 Å². The number of hydrogen-bond donors (Lipinski definition) is 0. The summed E-state index contributed by atoms with van der Waals surface area (Å²) < 4.78 is 7.69. The Hall–Kier alpha value is -2.14. The van der Waals surface area contributed by atoms with Crippen molar-refractivity contribution in [1.29, 1.82) is 0 Å². The van der Waals surface area contributed by atoms with Crippen LogP contribution in [-0.2, 0) is 11.3 Å². The van der Waals surface area contributed by atoms with Crippen LogP contribution in [0.5, 0.6) is 0 Å². The lowest BCUT2D eigenvalue weighted by Gasteiger charge is -2.32. The molecule has 3 rings (SSSR count). The molecule has 1 aromatic carbocycles. The van der Waals surface area contributed by atoms with E-state index in [4.69, 9.17) is 4.74 Å². The summed E-state index contributed by atoms with van der Waals surface area (Å²) >= 11 is 0. The van der Waals surface area contributed by atoms with Gasteiger partial charge in [-0.25, -0.2) is 0 Å². The summed E-state index contributed by atoms with van der Waals surface area (Å²) in [5.41, 5.74) is 3.98. The molecule has 1 unspecified atom stereocenters. The van der Waals surface area contributed by atoms with E-state index < -0.39 is 0 Å². The van der Waals surface area contributed by atoms with Crippen molar-refractivity contribution in [2.24, 2.45) is 0 Å². The molecule has 0 N–H and O–H groups in total.